The number of likely N-dealkylation sites (tertiary alicyclic amines) is 1. The van der Waals surface area contributed by atoms with Crippen LogP contribution in [-0.2, 0) is 11.2 Å². The van der Waals surface area contributed by atoms with Gasteiger partial charge in [-0.1, -0.05) is 6.07 Å². The van der Waals surface area contributed by atoms with Crippen LogP contribution in [0.4, 0.5) is 5.82 Å². The van der Waals surface area contributed by atoms with Crippen molar-refractivity contribution in [1.82, 2.24) is 9.88 Å². The van der Waals surface area contributed by atoms with Crippen LogP contribution in [-0.4, -0.2) is 34.3 Å². The second-order valence-electron chi connectivity index (χ2n) is 5.40. The van der Waals surface area contributed by atoms with Crippen molar-refractivity contribution in [2.24, 2.45) is 0 Å². The molecule has 0 atom stereocenters. The Morgan fingerprint density at radius 2 is 2.11 bits per heavy atom. The Bertz CT molecular complexity index is 436. The molecule has 0 amide bonds. The van der Waals surface area contributed by atoms with Crippen molar-refractivity contribution in [2.45, 2.75) is 38.6 Å². The van der Waals surface area contributed by atoms with E-state index in [0.717, 1.165) is 18.7 Å². The number of nitrogen functional groups attached to an aromatic ring is 1. The molecule has 0 radical (unpaired) electrons. The van der Waals surface area contributed by atoms with Gasteiger partial charge in [0, 0.05) is 18.2 Å². The summed E-state index contributed by atoms with van der Waals surface area (Å²) in [5.41, 5.74) is 6.21. The first kappa shape index (κ1) is 13.0. The van der Waals surface area contributed by atoms with Gasteiger partial charge in [-0.05, 0) is 45.8 Å². The summed E-state index contributed by atoms with van der Waals surface area (Å²) in [6, 6.07) is 3.70. The van der Waals surface area contributed by atoms with Crippen molar-refractivity contribution in [3.8, 4) is 0 Å². The van der Waals surface area contributed by atoms with Crippen LogP contribution in [0.25, 0.3) is 0 Å². The van der Waals surface area contributed by atoms with Gasteiger partial charge in [0.05, 0.1) is 5.54 Å². The smallest absolute Gasteiger partial charge is 0.157 e. The number of ketones is 1. The normalized spacial score (nSPS) is 17.0. The van der Waals surface area contributed by atoms with E-state index in [2.05, 4.69) is 9.88 Å². The van der Waals surface area contributed by atoms with Crippen molar-refractivity contribution in [1.29, 1.82) is 0 Å². The molecular weight excluding hydrogens is 226 g/mol. The van der Waals surface area contributed by atoms with Gasteiger partial charge < -0.3 is 5.73 Å². The summed E-state index contributed by atoms with van der Waals surface area (Å²) in [6.45, 7) is 6.04. The fourth-order valence-corrected chi connectivity index (χ4v) is 2.44. The molecule has 0 aromatic carbocycles. The first-order valence-corrected chi connectivity index (χ1v) is 6.49. The molecular formula is C14H21N3O. The van der Waals surface area contributed by atoms with Gasteiger partial charge in [0.1, 0.15) is 5.82 Å². The summed E-state index contributed by atoms with van der Waals surface area (Å²) >= 11 is 0. The number of anilines is 1. The number of pyridine rings is 1. The largest absolute Gasteiger partial charge is 0.383 e. The van der Waals surface area contributed by atoms with E-state index in [1.54, 1.807) is 6.20 Å². The Balaban J connectivity index is 2.09. The average molecular weight is 247 g/mol. The van der Waals surface area contributed by atoms with E-state index in [9.17, 15) is 4.79 Å². The predicted molar refractivity (Wildman–Crippen MR) is 72.2 cm³/mol. The molecule has 98 valence electrons. The van der Waals surface area contributed by atoms with Crippen LogP contribution in [0.1, 0.15) is 32.3 Å². The van der Waals surface area contributed by atoms with Crippen LogP contribution < -0.4 is 5.73 Å². The van der Waals surface area contributed by atoms with Crippen molar-refractivity contribution in [3.63, 3.8) is 0 Å². The minimum Gasteiger partial charge on any atom is -0.383 e. The maximum absolute atomic E-state index is 12.4. The van der Waals surface area contributed by atoms with Crippen molar-refractivity contribution in [2.75, 3.05) is 18.8 Å². The van der Waals surface area contributed by atoms with Gasteiger partial charge in [-0.2, -0.15) is 0 Å². The summed E-state index contributed by atoms with van der Waals surface area (Å²) in [5, 5.41) is 0. The lowest BCUT2D eigenvalue weighted by Crippen LogP contribution is -2.49. The predicted octanol–water partition coefficient (Wildman–Crippen LogP) is 1.65. The van der Waals surface area contributed by atoms with Crippen molar-refractivity contribution >= 4 is 11.6 Å². The highest BCUT2D eigenvalue weighted by atomic mass is 16.1. The average Bonchev–Trinajstić information content (AvgIpc) is 2.86. The molecule has 1 fully saturated rings. The molecule has 0 saturated carbocycles. The second-order valence-corrected chi connectivity index (χ2v) is 5.40. The molecule has 4 nitrogen and oxygen atoms in total. The van der Waals surface area contributed by atoms with Gasteiger partial charge in [-0.25, -0.2) is 4.98 Å². The van der Waals surface area contributed by atoms with Crippen LogP contribution in [0, 0.1) is 0 Å². The third-order valence-corrected chi connectivity index (χ3v) is 3.86. The first-order valence-electron chi connectivity index (χ1n) is 6.49. The number of nitrogens with two attached hydrogens (primary N) is 1. The van der Waals surface area contributed by atoms with Crippen LogP contribution in [0.15, 0.2) is 18.3 Å². The van der Waals surface area contributed by atoms with Gasteiger partial charge in [0.15, 0.2) is 5.78 Å². The van der Waals surface area contributed by atoms with Crippen LogP contribution >= 0.6 is 0 Å². The lowest BCUT2D eigenvalue weighted by Gasteiger charge is -2.34. The number of carbonyl (C=O) groups is 1. The van der Waals surface area contributed by atoms with E-state index in [1.165, 1.54) is 12.8 Å². The first-order chi connectivity index (χ1) is 8.51. The Morgan fingerprint density at radius 3 is 2.72 bits per heavy atom. The number of rotatable bonds is 4. The molecule has 1 aliphatic rings. The number of Topliss-reactive ketones (excluding diaryl/α,β-unsaturated/α-hetero) is 1. The molecule has 1 aromatic heterocycles. The minimum absolute atomic E-state index is 0.212. The van der Waals surface area contributed by atoms with Gasteiger partial charge in [-0.15, -0.1) is 0 Å². The fourth-order valence-electron chi connectivity index (χ4n) is 2.44. The van der Waals surface area contributed by atoms with E-state index in [4.69, 9.17) is 5.73 Å². The molecule has 1 aromatic rings. The lowest BCUT2D eigenvalue weighted by molar-refractivity contribution is -0.128. The van der Waals surface area contributed by atoms with E-state index < -0.39 is 5.54 Å². The number of nitrogens with zero attached hydrogens (tertiary/aromatic N) is 2. The molecule has 0 unspecified atom stereocenters. The highest BCUT2D eigenvalue weighted by Gasteiger charge is 2.35. The summed E-state index contributed by atoms with van der Waals surface area (Å²) < 4.78 is 0. The van der Waals surface area contributed by atoms with E-state index in [-0.39, 0.29) is 5.78 Å². The highest BCUT2D eigenvalue weighted by Crippen LogP contribution is 2.24. The number of aromatic nitrogens is 1. The SMILES string of the molecule is CC(C)(C(=O)Cc1cccnc1N)N1CCCC1. The highest BCUT2D eigenvalue weighted by molar-refractivity contribution is 5.90. The molecule has 0 bridgehead atoms. The second kappa shape index (κ2) is 5.06. The van der Waals surface area contributed by atoms with Crippen molar-refractivity contribution in [3.05, 3.63) is 23.9 Å². The molecule has 2 N–H and O–H groups in total. The van der Waals surface area contributed by atoms with E-state index in [1.807, 2.05) is 26.0 Å². The Hall–Kier alpha value is -1.42. The topological polar surface area (TPSA) is 59.2 Å². The van der Waals surface area contributed by atoms with Gasteiger partial charge in [0.25, 0.3) is 0 Å². The zero-order valence-corrected chi connectivity index (χ0v) is 11.1. The molecule has 2 rings (SSSR count). The number of hydrogen-bond donors (Lipinski definition) is 1. The van der Waals surface area contributed by atoms with Crippen LogP contribution in [0.5, 0.6) is 0 Å². The molecule has 0 spiro atoms. The fraction of sp³-hybridized carbons (Fsp3) is 0.571. The molecule has 0 aliphatic carbocycles. The Labute approximate surface area is 108 Å². The molecule has 1 saturated heterocycles. The molecule has 2 heterocycles. The third kappa shape index (κ3) is 2.53. The third-order valence-electron chi connectivity index (χ3n) is 3.86. The maximum Gasteiger partial charge on any atom is 0.157 e. The van der Waals surface area contributed by atoms with Crippen LogP contribution in [0.2, 0.25) is 0 Å². The Morgan fingerprint density at radius 1 is 1.44 bits per heavy atom. The molecule has 4 heteroatoms. The zero-order chi connectivity index (χ0) is 13.2. The van der Waals surface area contributed by atoms with Gasteiger partial charge >= 0.3 is 0 Å². The summed E-state index contributed by atoms with van der Waals surface area (Å²) in [6.07, 6.45) is 4.38. The molecule has 18 heavy (non-hydrogen) atoms. The molecule has 1 aliphatic heterocycles. The Kier molecular flexibility index (Phi) is 3.66. The number of hydrogen-bond acceptors (Lipinski definition) is 4. The van der Waals surface area contributed by atoms with E-state index in [0.29, 0.717) is 12.2 Å². The zero-order valence-electron chi connectivity index (χ0n) is 11.1. The lowest BCUT2D eigenvalue weighted by atomic mass is 9.92. The van der Waals surface area contributed by atoms with E-state index >= 15 is 0 Å². The summed E-state index contributed by atoms with van der Waals surface area (Å²) in [7, 11) is 0. The minimum atomic E-state index is -0.404. The number of carbonyl (C=O) groups excluding carboxylic acids is 1. The monoisotopic (exact) mass is 247 g/mol. The summed E-state index contributed by atoms with van der Waals surface area (Å²) in [4.78, 5) is 18.7. The van der Waals surface area contributed by atoms with Gasteiger partial charge in [0.2, 0.25) is 0 Å². The standard InChI is InChI=1S/C14H21N3O/c1-14(2,17-8-3-4-9-17)12(18)10-11-6-5-7-16-13(11)15/h5-7H,3-4,8-10H2,1-2H3,(H2,15,16). The van der Waals surface area contributed by atoms with Crippen molar-refractivity contribution < 1.29 is 4.79 Å². The summed E-state index contributed by atoms with van der Waals surface area (Å²) in [5.74, 6) is 0.673. The maximum atomic E-state index is 12.4. The quantitative estimate of drug-likeness (QED) is 0.879. The van der Waals surface area contributed by atoms with Crippen LogP contribution in [0.3, 0.4) is 0 Å². The van der Waals surface area contributed by atoms with Gasteiger partial charge in [-0.3, -0.25) is 9.69 Å².